The van der Waals surface area contributed by atoms with Crippen LogP contribution in [0.3, 0.4) is 0 Å². The first-order chi connectivity index (χ1) is 18.5. The van der Waals surface area contributed by atoms with Crippen LogP contribution in [0, 0.1) is 11.8 Å². The molecule has 0 saturated heterocycles. The molecule has 4 rings (SSSR count). The summed E-state index contributed by atoms with van der Waals surface area (Å²) in [5.74, 6) is 3.45. The van der Waals surface area contributed by atoms with E-state index in [0.717, 1.165) is 17.8 Å². The van der Waals surface area contributed by atoms with Gasteiger partial charge in [-0.15, -0.1) is 0 Å². The van der Waals surface area contributed by atoms with Gasteiger partial charge >= 0.3 is 7.12 Å². The Morgan fingerprint density at radius 2 is 1.00 bits per heavy atom. The number of hydrogen-bond donors (Lipinski definition) is 2. The Balaban J connectivity index is 0.000000212. The van der Waals surface area contributed by atoms with Crippen molar-refractivity contribution in [3.8, 4) is 0 Å². The molecule has 2 aliphatic rings. The van der Waals surface area contributed by atoms with Crippen LogP contribution in [-0.4, -0.2) is 17.2 Å². The van der Waals surface area contributed by atoms with Crippen LogP contribution in [0.25, 0.3) is 0 Å². The summed E-state index contributed by atoms with van der Waals surface area (Å²) in [4.78, 5) is 0. The van der Waals surface area contributed by atoms with E-state index in [1.165, 1.54) is 113 Å². The smallest absolute Gasteiger partial charge is 0.423 e. The van der Waals surface area contributed by atoms with E-state index < -0.39 is 7.12 Å². The number of rotatable bonds is 11. The first-order valence-corrected chi connectivity index (χ1v) is 16.5. The van der Waals surface area contributed by atoms with E-state index in [9.17, 15) is 0 Å². The van der Waals surface area contributed by atoms with Gasteiger partial charge in [-0.25, -0.2) is 0 Å². The van der Waals surface area contributed by atoms with Gasteiger partial charge in [0.2, 0.25) is 0 Å². The van der Waals surface area contributed by atoms with Gasteiger partial charge in [-0.2, -0.15) is 0 Å². The zero-order valence-electron chi connectivity index (χ0n) is 24.1. The summed E-state index contributed by atoms with van der Waals surface area (Å²) in [7, 11) is -1.35. The molecule has 2 N–H and O–H groups in total. The van der Waals surface area contributed by atoms with E-state index in [4.69, 9.17) is 10.0 Å². The van der Waals surface area contributed by atoms with Gasteiger partial charge in [0.05, 0.1) is 0 Å². The summed E-state index contributed by atoms with van der Waals surface area (Å²) in [6, 6.07) is 16.8. The predicted octanol–water partition coefficient (Wildman–Crippen LogP) is 9.52. The average Bonchev–Trinajstić information content (AvgIpc) is 2.95. The van der Waals surface area contributed by atoms with Gasteiger partial charge in [0.1, 0.15) is 0 Å². The number of unbranched alkanes of at least 4 members (excludes halogenated alkanes) is 4. The molecule has 0 radical (unpaired) electrons. The molecule has 0 aliphatic heterocycles. The zero-order chi connectivity index (χ0) is 27.2. The highest BCUT2D eigenvalue weighted by atomic mass is 79.9. The van der Waals surface area contributed by atoms with Gasteiger partial charge in [0, 0.05) is 4.47 Å². The van der Waals surface area contributed by atoms with Crippen molar-refractivity contribution in [3.63, 3.8) is 0 Å². The van der Waals surface area contributed by atoms with Crippen molar-refractivity contribution < 1.29 is 10.0 Å². The van der Waals surface area contributed by atoms with Crippen molar-refractivity contribution in [1.29, 1.82) is 0 Å². The van der Waals surface area contributed by atoms with Gasteiger partial charge < -0.3 is 10.0 Å². The Morgan fingerprint density at radius 3 is 1.37 bits per heavy atom. The highest BCUT2D eigenvalue weighted by Gasteiger charge is 2.23. The van der Waals surface area contributed by atoms with Crippen molar-refractivity contribution in [1.82, 2.24) is 0 Å². The van der Waals surface area contributed by atoms with Gasteiger partial charge in [0.15, 0.2) is 0 Å². The van der Waals surface area contributed by atoms with E-state index in [1.54, 1.807) is 5.56 Å². The lowest BCUT2D eigenvalue weighted by atomic mass is 9.75. The maximum Gasteiger partial charge on any atom is 0.488 e. The second kappa shape index (κ2) is 17.6. The Bertz CT molecular complexity index is 866. The predicted molar refractivity (Wildman–Crippen MR) is 168 cm³/mol. The number of benzene rings is 2. The van der Waals surface area contributed by atoms with Crippen molar-refractivity contribution in [2.75, 3.05) is 0 Å². The van der Waals surface area contributed by atoms with Gasteiger partial charge in [-0.3, -0.25) is 0 Å². The molecule has 0 bridgehead atoms. The highest BCUT2D eigenvalue weighted by Crippen LogP contribution is 2.38. The fourth-order valence-corrected chi connectivity index (χ4v) is 6.87. The van der Waals surface area contributed by atoms with E-state index in [0.29, 0.717) is 11.4 Å². The Morgan fingerprint density at radius 1 is 0.605 bits per heavy atom. The maximum atomic E-state index is 9.12. The van der Waals surface area contributed by atoms with Crippen LogP contribution in [0.15, 0.2) is 53.0 Å². The molecule has 0 spiro atoms. The molecular formula is C34H52BBrO2. The second-order valence-electron chi connectivity index (χ2n) is 12.0. The molecule has 2 aliphatic carbocycles. The lowest BCUT2D eigenvalue weighted by molar-refractivity contribution is 0.303. The molecule has 2 fully saturated rings. The Labute approximate surface area is 242 Å². The van der Waals surface area contributed by atoms with Crippen LogP contribution < -0.4 is 5.46 Å². The van der Waals surface area contributed by atoms with Crippen molar-refractivity contribution in [3.05, 3.63) is 64.1 Å². The lowest BCUT2D eigenvalue weighted by Crippen LogP contribution is -2.29. The molecule has 0 aromatic heterocycles. The molecule has 4 heteroatoms. The van der Waals surface area contributed by atoms with Crippen LogP contribution in [0.2, 0.25) is 0 Å². The van der Waals surface area contributed by atoms with E-state index in [-0.39, 0.29) is 0 Å². The van der Waals surface area contributed by atoms with Gasteiger partial charge in [-0.05, 0) is 104 Å². The van der Waals surface area contributed by atoms with Crippen molar-refractivity contribution in [2.24, 2.45) is 11.8 Å². The minimum absolute atomic E-state index is 0.585. The normalized spacial score (nSPS) is 23.4. The molecule has 2 aromatic rings. The topological polar surface area (TPSA) is 40.5 Å². The highest BCUT2D eigenvalue weighted by molar-refractivity contribution is 9.10. The fourth-order valence-electron chi connectivity index (χ4n) is 6.61. The first-order valence-electron chi connectivity index (χ1n) is 15.7. The summed E-state index contributed by atoms with van der Waals surface area (Å²) < 4.78 is 1.19. The number of hydrogen-bond acceptors (Lipinski definition) is 2. The molecule has 2 saturated carbocycles. The SMILES string of the molecule is CCCCCC1CCC(c2ccc(B(O)O)cc2)CC1.CCCCC[C@H]1CC[C@H](c2ccc(Br)cc2)CC1. The second-order valence-corrected chi connectivity index (χ2v) is 12.9. The average molecular weight is 584 g/mol. The molecule has 210 valence electrons. The molecule has 0 heterocycles. The van der Waals surface area contributed by atoms with Crippen LogP contribution in [-0.2, 0) is 0 Å². The van der Waals surface area contributed by atoms with Crippen LogP contribution >= 0.6 is 15.9 Å². The molecule has 2 nitrogen and oxygen atoms in total. The third kappa shape index (κ3) is 10.8. The standard InChI is InChI=1S/C17H27BO2.C17H25Br/c1-2-3-4-5-14-6-8-15(9-7-14)16-10-12-17(13-11-16)18(19)20;1-2-3-4-5-14-6-8-15(9-7-14)16-10-12-17(18)13-11-16/h10-15,19-20H,2-9H2,1H3;10-15H,2-9H2,1H3/t;14-,15-. The summed E-state index contributed by atoms with van der Waals surface area (Å²) in [6.07, 6.45) is 22.2. The monoisotopic (exact) mass is 582 g/mol. The quantitative estimate of drug-likeness (QED) is 0.204. The first kappa shape index (κ1) is 31.4. The molecule has 0 atom stereocenters. The van der Waals surface area contributed by atoms with Crippen LogP contribution in [0.1, 0.15) is 140 Å². The lowest BCUT2D eigenvalue weighted by Gasteiger charge is -2.29. The van der Waals surface area contributed by atoms with Gasteiger partial charge in [0.25, 0.3) is 0 Å². The van der Waals surface area contributed by atoms with E-state index >= 15 is 0 Å². The summed E-state index contributed by atoms with van der Waals surface area (Å²) in [6.45, 7) is 4.56. The maximum absolute atomic E-state index is 9.12. The fraction of sp³-hybridized carbons (Fsp3) is 0.647. The molecule has 38 heavy (non-hydrogen) atoms. The molecule has 2 aromatic carbocycles. The third-order valence-corrected chi connectivity index (χ3v) is 9.70. The minimum atomic E-state index is -1.35. The van der Waals surface area contributed by atoms with Crippen LogP contribution in [0.4, 0.5) is 0 Å². The minimum Gasteiger partial charge on any atom is -0.423 e. The summed E-state index contributed by atoms with van der Waals surface area (Å²) in [5, 5.41) is 18.2. The van der Waals surface area contributed by atoms with Crippen LogP contribution in [0.5, 0.6) is 0 Å². The van der Waals surface area contributed by atoms with Crippen molar-refractivity contribution in [2.45, 2.75) is 128 Å². The largest absolute Gasteiger partial charge is 0.488 e. The van der Waals surface area contributed by atoms with E-state index in [2.05, 4.69) is 66.2 Å². The molecule has 0 unspecified atom stereocenters. The molecular weight excluding hydrogens is 531 g/mol. The zero-order valence-corrected chi connectivity index (χ0v) is 25.7. The Hall–Kier alpha value is -1.10. The van der Waals surface area contributed by atoms with E-state index in [1.807, 2.05) is 12.1 Å². The molecule has 0 amide bonds. The van der Waals surface area contributed by atoms with Gasteiger partial charge in [-0.1, -0.05) is 118 Å². The summed E-state index contributed by atoms with van der Waals surface area (Å²) in [5.41, 5.74) is 3.49. The third-order valence-electron chi connectivity index (χ3n) is 9.17. The number of halogens is 1. The van der Waals surface area contributed by atoms with Crippen molar-refractivity contribution >= 4 is 28.5 Å². The summed E-state index contributed by atoms with van der Waals surface area (Å²) >= 11 is 3.51. The Kier molecular flexibility index (Phi) is 14.5.